The second kappa shape index (κ2) is 20.9. The average Bonchev–Trinajstić information content (AvgIpc) is 3.06. The van der Waals surface area contributed by atoms with E-state index < -0.39 is 18.2 Å². The molecule has 1 aromatic heterocycles. The van der Waals surface area contributed by atoms with Crippen molar-refractivity contribution in [3.8, 4) is 22.3 Å². The van der Waals surface area contributed by atoms with Crippen LogP contribution in [0.15, 0.2) is 66.9 Å². The average molecular weight is 654 g/mol. The molecule has 0 amide bonds. The summed E-state index contributed by atoms with van der Waals surface area (Å²) in [5.74, 6) is -1.03. The largest absolute Gasteiger partial charge is 0.481 e. The van der Waals surface area contributed by atoms with Crippen molar-refractivity contribution >= 4 is 5.97 Å². The number of alkyl halides is 3. The van der Waals surface area contributed by atoms with E-state index in [0.29, 0.717) is 19.3 Å². The van der Waals surface area contributed by atoms with E-state index >= 15 is 0 Å². The lowest BCUT2D eigenvalue weighted by atomic mass is 9.86. The Bertz CT molecular complexity index is 1290. The van der Waals surface area contributed by atoms with Gasteiger partial charge in [0.15, 0.2) is 6.10 Å². The molecule has 0 aliphatic rings. The van der Waals surface area contributed by atoms with Gasteiger partial charge in [-0.15, -0.1) is 0 Å². The molecular formula is C40H54F3NO3. The van der Waals surface area contributed by atoms with Crippen molar-refractivity contribution in [2.75, 3.05) is 6.61 Å². The van der Waals surface area contributed by atoms with Gasteiger partial charge in [0.05, 0.1) is 0 Å². The van der Waals surface area contributed by atoms with Crippen molar-refractivity contribution in [3.05, 3.63) is 78.1 Å². The fourth-order valence-electron chi connectivity index (χ4n) is 6.09. The number of ether oxygens (including phenoxy) is 1. The Kier molecular flexibility index (Phi) is 17.0. The molecule has 2 unspecified atom stereocenters. The Morgan fingerprint density at radius 2 is 1.45 bits per heavy atom. The molecule has 0 radical (unpaired) electrons. The van der Waals surface area contributed by atoms with Gasteiger partial charge in [0.2, 0.25) is 0 Å². The maximum atomic E-state index is 13.1. The molecule has 3 aromatic rings. The Labute approximate surface area is 280 Å². The number of hydrogen-bond acceptors (Lipinski definition) is 3. The molecule has 2 atom stereocenters. The Balaban J connectivity index is 1.69. The Morgan fingerprint density at radius 1 is 0.787 bits per heavy atom. The predicted octanol–water partition coefficient (Wildman–Crippen LogP) is 12.0. The van der Waals surface area contributed by atoms with E-state index in [9.17, 15) is 23.1 Å². The number of unbranched alkanes of at least 4 members (excludes halogenated alkanes) is 10. The highest BCUT2D eigenvalue weighted by molar-refractivity contribution is 5.83. The number of rotatable bonds is 23. The molecular weight excluding hydrogens is 599 g/mol. The first-order chi connectivity index (χ1) is 22.7. The lowest BCUT2D eigenvalue weighted by molar-refractivity contribution is -0.214. The molecule has 0 aliphatic heterocycles. The molecule has 0 spiro atoms. The van der Waals surface area contributed by atoms with Gasteiger partial charge in [-0.25, -0.2) is 0 Å². The maximum absolute atomic E-state index is 13.1. The van der Waals surface area contributed by atoms with E-state index in [1.165, 1.54) is 64.2 Å². The first-order valence-electron chi connectivity index (χ1n) is 17.7. The third-order valence-corrected chi connectivity index (χ3v) is 9.01. The van der Waals surface area contributed by atoms with Gasteiger partial charge in [-0.05, 0) is 73.3 Å². The summed E-state index contributed by atoms with van der Waals surface area (Å²) >= 11 is 0. The second-order valence-corrected chi connectivity index (χ2v) is 12.8. The van der Waals surface area contributed by atoms with Crippen molar-refractivity contribution < 1.29 is 27.8 Å². The summed E-state index contributed by atoms with van der Waals surface area (Å²) in [4.78, 5) is 16.0. The quantitative estimate of drug-likeness (QED) is 0.103. The molecule has 7 heteroatoms. The SMILES string of the molecule is CCCCCCCCCCCCCc1ccc(-c2cc(C(CCCC(=O)O)CCOC(C)C(F)(F)F)ccc2-c2ccccc2)cn1. The molecule has 1 N–H and O–H groups in total. The molecule has 0 fully saturated rings. The summed E-state index contributed by atoms with van der Waals surface area (Å²) in [6, 6.07) is 20.5. The number of nitrogens with zero attached hydrogens (tertiary/aromatic N) is 1. The highest BCUT2D eigenvalue weighted by Crippen LogP contribution is 2.37. The summed E-state index contributed by atoms with van der Waals surface area (Å²) in [6.45, 7) is 3.20. The normalized spacial score (nSPS) is 13.0. The minimum atomic E-state index is -4.42. The minimum absolute atomic E-state index is 0.00970. The van der Waals surface area contributed by atoms with Crippen LogP contribution in [0.3, 0.4) is 0 Å². The number of benzene rings is 2. The van der Waals surface area contributed by atoms with Gasteiger partial charge in [-0.3, -0.25) is 9.78 Å². The van der Waals surface area contributed by atoms with Crippen LogP contribution in [0.5, 0.6) is 0 Å². The third-order valence-electron chi connectivity index (χ3n) is 9.01. The number of pyridine rings is 1. The maximum Gasteiger partial charge on any atom is 0.414 e. The highest BCUT2D eigenvalue weighted by atomic mass is 19.4. The van der Waals surface area contributed by atoms with Crippen molar-refractivity contribution in [1.82, 2.24) is 4.98 Å². The summed E-state index contributed by atoms with van der Waals surface area (Å²) in [5.41, 5.74) is 6.10. The van der Waals surface area contributed by atoms with Crippen molar-refractivity contribution in [2.45, 2.75) is 135 Å². The van der Waals surface area contributed by atoms with Crippen LogP contribution >= 0.6 is 0 Å². The molecule has 1 heterocycles. The zero-order valence-corrected chi connectivity index (χ0v) is 28.4. The summed E-state index contributed by atoms with van der Waals surface area (Å²) in [6.07, 6.45) is 12.3. The van der Waals surface area contributed by atoms with Gasteiger partial charge in [0.1, 0.15) is 0 Å². The molecule has 2 aromatic carbocycles. The first-order valence-corrected chi connectivity index (χ1v) is 17.7. The second-order valence-electron chi connectivity index (χ2n) is 12.8. The van der Waals surface area contributed by atoms with Crippen LogP contribution in [0, 0.1) is 0 Å². The fraction of sp³-hybridized carbons (Fsp3) is 0.550. The van der Waals surface area contributed by atoms with E-state index in [4.69, 9.17) is 9.72 Å². The van der Waals surface area contributed by atoms with Gasteiger partial charge < -0.3 is 9.84 Å². The van der Waals surface area contributed by atoms with Crippen LogP contribution in [-0.4, -0.2) is 34.9 Å². The monoisotopic (exact) mass is 653 g/mol. The van der Waals surface area contributed by atoms with Crippen LogP contribution in [0.1, 0.15) is 127 Å². The minimum Gasteiger partial charge on any atom is -0.481 e. The zero-order valence-electron chi connectivity index (χ0n) is 28.4. The number of hydrogen-bond donors (Lipinski definition) is 1. The van der Waals surface area contributed by atoms with E-state index in [1.807, 2.05) is 30.5 Å². The van der Waals surface area contributed by atoms with Crippen LogP contribution in [0.4, 0.5) is 13.2 Å². The standard InChI is InChI=1S/C40H54F3NO3/c1-3-4-5-6-7-8-9-10-11-12-16-21-36-25-23-35(30-44-36)38-29-34(24-26-37(38)33-18-14-13-15-19-33)32(20-17-22-39(45)46)27-28-47-31(2)40(41,42)43/h13-15,18-19,23-26,29-32H,3-12,16-17,20-22,27-28H2,1-2H3,(H,45,46). The van der Waals surface area contributed by atoms with E-state index in [0.717, 1.165) is 53.3 Å². The third kappa shape index (κ3) is 14.2. The van der Waals surface area contributed by atoms with Crippen LogP contribution in [-0.2, 0) is 16.0 Å². The zero-order chi connectivity index (χ0) is 33.9. The number of aromatic nitrogens is 1. The molecule has 0 saturated carbocycles. The molecule has 3 rings (SSSR count). The predicted molar refractivity (Wildman–Crippen MR) is 186 cm³/mol. The summed E-state index contributed by atoms with van der Waals surface area (Å²) in [7, 11) is 0. The molecule has 258 valence electrons. The lowest BCUT2D eigenvalue weighted by Gasteiger charge is -2.22. The van der Waals surface area contributed by atoms with E-state index in [2.05, 4.69) is 43.3 Å². The van der Waals surface area contributed by atoms with Crippen molar-refractivity contribution in [2.24, 2.45) is 0 Å². The molecule has 47 heavy (non-hydrogen) atoms. The fourth-order valence-corrected chi connectivity index (χ4v) is 6.09. The molecule has 4 nitrogen and oxygen atoms in total. The van der Waals surface area contributed by atoms with E-state index in [1.54, 1.807) is 0 Å². The summed E-state index contributed by atoms with van der Waals surface area (Å²) in [5, 5.41) is 9.20. The van der Waals surface area contributed by atoms with Gasteiger partial charge in [0, 0.05) is 30.5 Å². The van der Waals surface area contributed by atoms with Gasteiger partial charge in [-0.1, -0.05) is 126 Å². The van der Waals surface area contributed by atoms with Gasteiger partial charge in [-0.2, -0.15) is 13.2 Å². The number of carbonyl (C=O) groups is 1. The highest BCUT2D eigenvalue weighted by Gasteiger charge is 2.36. The van der Waals surface area contributed by atoms with Crippen LogP contribution in [0.2, 0.25) is 0 Å². The van der Waals surface area contributed by atoms with Gasteiger partial charge in [0.25, 0.3) is 0 Å². The number of aryl methyl sites for hydroxylation is 1. The van der Waals surface area contributed by atoms with Crippen LogP contribution in [0.25, 0.3) is 22.3 Å². The van der Waals surface area contributed by atoms with E-state index in [-0.39, 0.29) is 18.9 Å². The van der Waals surface area contributed by atoms with Crippen molar-refractivity contribution in [3.63, 3.8) is 0 Å². The number of carboxylic acid groups (broad SMARTS) is 1. The Morgan fingerprint density at radius 3 is 2.04 bits per heavy atom. The molecule has 0 aliphatic carbocycles. The lowest BCUT2D eigenvalue weighted by Crippen LogP contribution is -2.29. The number of aliphatic carboxylic acids is 1. The van der Waals surface area contributed by atoms with Crippen LogP contribution < -0.4 is 0 Å². The van der Waals surface area contributed by atoms with Gasteiger partial charge >= 0.3 is 12.1 Å². The number of halogens is 3. The van der Waals surface area contributed by atoms with Crippen molar-refractivity contribution in [1.29, 1.82) is 0 Å². The first kappa shape index (κ1) is 38.3. The topological polar surface area (TPSA) is 59.4 Å². The molecule has 0 bridgehead atoms. The molecule has 0 saturated heterocycles. The smallest absolute Gasteiger partial charge is 0.414 e. The summed E-state index contributed by atoms with van der Waals surface area (Å²) < 4.78 is 44.3. The Hall–Kier alpha value is -3.19. The number of carboxylic acids is 1.